The summed E-state index contributed by atoms with van der Waals surface area (Å²) in [6.45, 7) is 6.71. The van der Waals surface area contributed by atoms with Crippen LogP contribution in [0.4, 0.5) is 0 Å². The SMILES string of the molecule is C=C(C)OC(=O)c1ccc(S(=O)(=O)NS(=O)(=O)c2ccc(C)cc2)cc1. The molecule has 0 amide bonds. The minimum Gasteiger partial charge on any atom is -0.428 e. The Morgan fingerprint density at radius 1 is 0.885 bits per heavy atom. The van der Waals surface area contributed by atoms with E-state index in [0.29, 0.717) is 0 Å². The van der Waals surface area contributed by atoms with E-state index in [-0.39, 0.29) is 21.1 Å². The zero-order chi connectivity index (χ0) is 19.5. The molecule has 2 aromatic rings. The number of aryl methyl sites for hydroxylation is 1. The summed E-state index contributed by atoms with van der Waals surface area (Å²) in [6, 6.07) is 10.4. The first-order chi connectivity index (χ1) is 12.0. The fraction of sp³-hybridized carbons (Fsp3) is 0.118. The molecule has 0 aliphatic heterocycles. The molecule has 7 nitrogen and oxygen atoms in total. The van der Waals surface area contributed by atoms with E-state index in [1.165, 1.54) is 31.2 Å². The Hall–Kier alpha value is -2.49. The second-order valence-corrected chi connectivity index (χ2v) is 9.14. The molecule has 0 aliphatic rings. The van der Waals surface area contributed by atoms with Crippen LogP contribution in [-0.4, -0.2) is 22.8 Å². The number of carbonyl (C=O) groups excluding carboxylic acids is 1. The molecular formula is C17H17NO6S2. The monoisotopic (exact) mass is 395 g/mol. The Morgan fingerprint density at radius 2 is 1.31 bits per heavy atom. The Bertz CT molecular complexity index is 1040. The van der Waals surface area contributed by atoms with E-state index in [9.17, 15) is 21.6 Å². The van der Waals surface area contributed by atoms with Crippen LogP contribution in [0.15, 0.2) is 70.7 Å². The van der Waals surface area contributed by atoms with E-state index in [4.69, 9.17) is 4.74 Å². The number of nitrogens with one attached hydrogen (secondary N) is 1. The largest absolute Gasteiger partial charge is 0.428 e. The first-order valence-electron chi connectivity index (χ1n) is 7.34. The van der Waals surface area contributed by atoms with E-state index < -0.39 is 26.0 Å². The molecule has 0 bridgehead atoms. The van der Waals surface area contributed by atoms with Crippen molar-refractivity contribution in [2.45, 2.75) is 23.6 Å². The van der Waals surface area contributed by atoms with Crippen LogP contribution in [0.3, 0.4) is 0 Å². The second kappa shape index (κ2) is 7.40. The van der Waals surface area contributed by atoms with Gasteiger partial charge in [0.05, 0.1) is 21.1 Å². The molecule has 0 saturated heterocycles. The number of carbonyl (C=O) groups is 1. The van der Waals surface area contributed by atoms with Crippen molar-refractivity contribution >= 4 is 26.0 Å². The van der Waals surface area contributed by atoms with E-state index in [1.807, 2.05) is 0 Å². The molecule has 0 aromatic heterocycles. The number of rotatable bonds is 6. The third-order valence-electron chi connectivity index (χ3n) is 3.22. The van der Waals surface area contributed by atoms with Crippen molar-refractivity contribution in [1.29, 1.82) is 0 Å². The normalized spacial score (nSPS) is 11.8. The fourth-order valence-electron chi connectivity index (χ4n) is 1.95. The summed E-state index contributed by atoms with van der Waals surface area (Å²) in [5, 5.41) is 0. The quantitative estimate of drug-likeness (QED) is 0.594. The van der Waals surface area contributed by atoms with Gasteiger partial charge in [0.2, 0.25) is 0 Å². The van der Waals surface area contributed by atoms with Gasteiger partial charge in [-0.25, -0.2) is 21.6 Å². The van der Waals surface area contributed by atoms with Crippen LogP contribution in [-0.2, 0) is 24.8 Å². The maximum absolute atomic E-state index is 12.3. The maximum Gasteiger partial charge on any atom is 0.343 e. The molecule has 0 aliphatic carbocycles. The van der Waals surface area contributed by atoms with Crippen molar-refractivity contribution in [1.82, 2.24) is 4.13 Å². The molecule has 2 aromatic carbocycles. The first kappa shape index (κ1) is 19.8. The Balaban J connectivity index is 2.26. The average molecular weight is 395 g/mol. The molecule has 26 heavy (non-hydrogen) atoms. The Morgan fingerprint density at radius 3 is 1.73 bits per heavy atom. The van der Waals surface area contributed by atoms with Gasteiger partial charge >= 0.3 is 5.97 Å². The van der Waals surface area contributed by atoms with Gasteiger partial charge in [-0.3, -0.25) is 0 Å². The van der Waals surface area contributed by atoms with E-state index in [1.54, 1.807) is 23.2 Å². The molecule has 0 heterocycles. The highest BCUT2D eigenvalue weighted by Gasteiger charge is 2.24. The predicted octanol–water partition coefficient (Wildman–Crippen LogP) is 2.35. The summed E-state index contributed by atoms with van der Waals surface area (Å²) in [5.41, 5.74) is 0.942. The minimum atomic E-state index is -4.35. The van der Waals surface area contributed by atoms with Crippen LogP contribution < -0.4 is 4.13 Å². The van der Waals surface area contributed by atoms with Gasteiger partial charge in [0.15, 0.2) is 0 Å². The predicted molar refractivity (Wildman–Crippen MR) is 95.4 cm³/mol. The van der Waals surface area contributed by atoms with Crippen LogP contribution in [0.1, 0.15) is 22.8 Å². The number of hydrogen-bond acceptors (Lipinski definition) is 6. The van der Waals surface area contributed by atoms with Crippen LogP contribution >= 0.6 is 0 Å². The molecular weight excluding hydrogens is 378 g/mol. The molecule has 0 radical (unpaired) electrons. The number of esters is 1. The maximum atomic E-state index is 12.3. The van der Waals surface area contributed by atoms with Crippen LogP contribution in [0, 0.1) is 6.92 Å². The highest BCUT2D eigenvalue weighted by molar-refractivity contribution is 8.04. The van der Waals surface area contributed by atoms with Gasteiger partial charge in [-0.2, -0.15) is 0 Å². The van der Waals surface area contributed by atoms with Crippen LogP contribution in [0.2, 0.25) is 0 Å². The summed E-state index contributed by atoms with van der Waals surface area (Å²) < 4.78 is 55.7. The summed E-state index contributed by atoms with van der Waals surface area (Å²) in [5.74, 6) is -0.501. The first-order valence-corrected chi connectivity index (χ1v) is 10.3. The lowest BCUT2D eigenvalue weighted by Gasteiger charge is -2.09. The van der Waals surface area contributed by atoms with Crippen LogP contribution in [0.5, 0.6) is 0 Å². The van der Waals surface area contributed by atoms with Gasteiger partial charge in [-0.1, -0.05) is 24.3 Å². The van der Waals surface area contributed by atoms with Gasteiger partial charge in [0.1, 0.15) is 0 Å². The molecule has 0 saturated carbocycles. The van der Waals surface area contributed by atoms with Gasteiger partial charge in [-0.05, 0) is 50.2 Å². The second-order valence-electron chi connectivity index (χ2n) is 5.52. The lowest BCUT2D eigenvalue weighted by atomic mass is 10.2. The number of benzene rings is 2. The molecule has 138 valence electrons. The lowest BCUT2D eigenvalue weighted by Crippen LogP contribution is -2.30. The summed E-state index contributed by atoms with van der Waals surface area (Å²) >= 11 is 0. The highest BCUT2D eigenvalue weighted by Crippen LogP contribution is 2.16. The molecule has 0 spiro atoms. The highest BCUT2D eigenvalue weighted by atomic mass is 32.3. The van der Waals surface area contributed by atoms with Crippen molar-refractivity contribution in [3.8, 4) is 0 Å². The smallest absolute Gasteiger partial charge is 0.343 e. The van der Waals surface area contributed by atoms with E-state index in [2.05, 4.69) is 6.58 Å². The summed E-state index contributed by atoms with van der Waals surface area (Å²) in [6.07, 6.45) is 0. The average Bonchev–Trinajstić information content (AvgIpc) is 2.54. The molecule has 2 rings (SSSR count). The number of ether oxygens (including phenoxy) is 1. The van der Waals surface area contributed by atoms with Crippen LogP contribution in [0.25, 0.3) is 0 Å². The minimum absolute atomic E-state index is 0.105. The molecule has 0 fully saturated rings. The number of hydrogen-bond donors (Lipinski definition) is 1. The van der Waals surface area contributed by atoms with Crippen molar-refractivity contribution in [2.24, 2.45) is 0 Å². The number of allylic oxidation sites excluding steroid dienone is 1. The molecule has 1 N–H and O–H groups in total. The molecule has 9 heteroatoms. The molecule has 0 atom stereocenters. The van der Waals surface area contributed by atoms with E-state index in [0.717, 1.165) is 17.7 Å². The Kier molecular flexibility index (Phi) is 5.65. The van der Waals surface area contributed by atoms with Crippen molar-refractivity contribution in [3.05, 3.63) is 72.0 Å². The van der Waals surface area contributed by atoms with Crippen molar-refractivity contribution < 1.29 is 26.4 Å². The fourth-order valence-corrected chi connectivity index (χ4v) is 4.86. The van der Waals surface area contributed by atoms with Gasteiger partial charge in [0, 0.05) is 0 Å². The van der Waals surface area contributed by atoms with Gasteiger partial charge < -0.3 is 4.74 Å². The van der Waals surface area contributed by atoms with E-state index >= 15 is 0 Å². The topological polar surface area (TPSA) is 107 Å². The summed E-state index contributed by atoms with van der Waals surface area (Å²) in [7, 11) is -8.62. The summed E-state index contributed by atoms with van der Waals surface area (Å²) in [4.78, 5) is 11.2. The zero-order valence-electron chi connectivity index (χ0n) is 14.1. The third-order valence-corrected chi connectivity index (χ3v) is 6.76. The zero-order valence-corrected chi connectivity index (χ0v) is 15.7. The third kappa shape index (κ3) is 4.78. The van der Waals surface area contributed by atoms with Gasteiger partial charge in [-0.15, -0.1) is 4.13 Å². The van der Waals surface area contributed by atoms with Gasteiger partial charge in [0.25, 0.3) is 20.0 Å². The lowest BCUT2D eigenvalue weighted by molar-refractivity contribution is 0.0627. The van der Waals surface area contributed by atoms with Crippen molar-refractivity contribution in [3.63, 3.8) is 0 Å². The number of sulfonamides is 2. The molecule has 0 unspecified atom stereocenters. The van der Waals surface area contributed by atoms with Crippen molar-refractivity contribution in [2.75, 3.05) is 0 Å². The standard InChI is InChI=1S/C17H17NO6S2/c1-12(2)24-17(19)14-6-10-16(11-7-14)26(22,23)18-25(20,21)15-8-4-13(3)5-9-15/h4-11,18H,1H2,2-3H3. The Labute approximate surface area is 152 Å².